The number of nitrogens with one attached hydrogen (secondary N) is 2. The minimum absolute atomic E-state index is 0.0431. The Kier molecular flexibility index (Phi) is 6.97. The Hall–Kier alpha value is -3.56. The van der Waals surface area contributed by atoms with Crippen LogP contribution in [0.15, 0.2) is 22.2 Å². The summed E-state index contributed by atoms with van der Waals surface area (Å²) in [7, 11) is -10.1. The maximum atomic E-state index is 12.9. The van der Waals surface area contributed by atoms with Crippen LogP contribution in [0.3, 0.4) is 0 Å². The minimum atomic E-state index is -5.07. The highest BCUT2D eigenvalue weighted by Crippen LogP contribution is 2.50. The van der Waals surface area contributed by atoms with E-state index in [1.807, 2.05) is 0 Å². The number of phosphoric ester groups is 2. The molecule has 3 fully saturated rings. The van der Waals surface area contributed by atoms with E-state index >= 15 is 0 Å². The maximum Gasteiger partial charge on any atom is 0.280 e. The molecule has 7 rings (SSSR count). The van der Waals surface area contributed by atoms with Crippen molar-refractivity contribution < 1.29 is 46.5 Å². The van der Waals surface area contributed by atoms with Gasteiger partial charge < -0.3 is 48.8 Å². The number of phosphoric acid groups is 2. The zero-order chi connectivity index (χ0) is 31.0. The van der Waals surface area contributed by atoms with Crippen LogP contribution in [-0.2, 0) is 36.7 Å². The highest BCUT2D eigenvalue weighted by molar-refractivity contribution is 7.46. The van der Waals surface area contributed by atoms with Crippen LogP contribution in [0.5, 0.6) is 0 Å². The number of anilines is 2. The second kappa shape index (κ2) is 10.5. The SMILES string of the molecule is Nc1nc2c(ncn2[C@H]2C[C@H]3OP(=O)([O-])OC[C@H]4O[C@@H](n5cnc6c(=O)[nH]c(N)nc65)C[C@H]4OP(=O)([O-])OC[C@H]3O2)c(=O)[nH]1. The van der Waals surface area contributed by atoms with Gasteiger partial charge in [-0.2, -0.15) is 9.97 Å². The van der Waals surface area contributed by atoms with Gasteiger partial charge in [0.25, 0.3) is 26.8 Å². The largest absolute Gasteiger partial charge is 0.756 e. The quantitative estimate of drug-likeness (QED) is 0.165. The number of aromatic amines is 2. The Morgan fingerprint density at radius 2 is 1.16 bits per heavy atom. The third kappa shape index (κ3) is 5.34. The second-order valence-corrected chi connectivity index (χ2v) is 12.8. The number of ether oxygens (including phenoxy) is 2. The van der Waals surface area contributed by atoms with Crippen LogP contribution in [0.2, 0.25) is 0 Å². The molecule has 4 aromatic heterocycles. The van der Waals surface area contributed by atoms with Gasteiger partial charge in [-0.15, -0.1) is 0 Å². The average molecular weight is 656 g/mol. The van der Waals surface area contributed by atoms with Crippen molar-refractivity contribution in [3.63, 3.8) is 0 Å². The Labute approximate surface area is 243 Å². The molecule has 0 aromatic carbocycles. The van der Waals surface area contributed by atoms with Crippen molar-refractivity contribution >= 4 is 49.9 Å². The number of nitrogen functional groups attached to an aromatic ring is 2. The zero-order valence-electron chi connectivity index (χ0n) is 22.1. The summed E-state index contributed by atoms with van der Waals surface area (Å²) >= 11 is 0. The molecule has 0 radical (unpaired) electrons. The fourth-order valence-electron chi connectivity index (χ4n) is 5.29. The van der Waals surface area contributed by atoms with E-state index in [0.29, 0.717) is 0 Å². The fraction of sp³-hybridized carbons (Fsp3) is 0.500. The van der Waals surface area contributed by atoms with Crippen LogP contribution in [0.25, 0.3) is 22.3 Å². The predicted octanol–water partition coefficient (Wildman–Crippen LogP) is -2.25. The summed E-state index contributed by atoms with van der Waals surface area (Å²) < 4.78 is 60.9. The molecule has 7 heterocycles. The van der Waals surface area contributed by atoms with Gasteiger partial charge in [0.05, 0.1) is 38.1 Å². The fourth-order valence-corrected chi connectivity index (χ4v) is 7.18. The van der Waals surface area contributed by atoms with E-state index in [4.69, 9.17) is 39.0 Å². The maximum absolute atomic E-state index is 12.9. The molecule has 3 aliphatic heterocycles. The van der Waals surface area contributed by atoms with Crippen molar-refractivity contribution in [1.29, 1.82) is 0 Å². The summed E-state index contributed by atoms with van der Waals surface area (Å²) in [5.74, 6) is -0.388. The molecule has 2 unspecified atom stereocenters. The summed E-state index contributed by atoms with van der Waals surface area (Å²) in [5.41, 5.74) is 10.1. The number of rotatable bonds is 2. The number of nitrogens with zero attached hydrogens (tertiary/aromatic N) is 6. The number of hydrogen-bond donors (Lipinski definition) is 4. The number of hydrogen-bond acceptors (Lipinski definition) is 18. The molecule has 0 saturated carbocycles. The average Bonchev–Trinajstić information content (AvgIpc) is 3.70. The van der Waals surface area contributed by atoms with Crippen molar-refractivity contribution in [1.82, 2.24) is 39.0 Å². The Bertz CT molecular complexity index is 1840. The van der Waals surface area contributed by atoms with Crippen LogP contribution in [0, 0.1) is 0 Å². The molecule has 3 aliphatic rings. The van der Waals surface area contributed by atoms with E-state index in [2.05, 4.69) is 29.9 Å². The third-order valence-electron chi connectivity index (χ3n) is 7.21. The number of nitrogens with two attached hydrogens (primary N) is 2. The Morgan fingerprint density at radius 3 is 1.57 bits per heavy atom. The molecule has 0 bridgehead atoms. The van der Waals surface area contributed by atoms with Gasteiger partial charge in [-0.1, -0.05) is 0 Å². The molecule has 22 nitrogen and oxygen atoms in total. The predicted molar refractivity (Wildman–Crippen MR) is 139 cm³/mol. The molecule has 236 valence electrons. The highest BCUT2D eigenvalue weighted by Gasteiger charge is 2.44. The molecule has 6 N–H and O–H groups in total. The van der Waals surface area contributed by atoms with Gasteiger partial charge in [-0.25, -0.2) is 9.97 Å². The van der Waals surface area contributed by atoms with Gasteiger partial charge in [-0.3, -0.25) is 37.8 Å². The van der Waals surface area contributed by atoms with E-state index in [1.165, 1.54) is 21.8 Å². The van der Waals surface area contributed by atoms with Crippen LogP contribution >= 0.6 is 15.6 Å². The van der Waals surface area contributed by atoms with E-state index in [1.54, 1.807) is 0 Å². The van der Waals surface area contributed by atoms with Gasteiger partial charge in [0.15, 0.2) is 22.3 Å². The normalized spacial score (nSPS) is 34.9. The van der Waals surface area contributed by atoms with Gasteiger partial charge >= 0.3 is 0 Å². The first kappa shape index (κ1) is 29.2. The smallest absolute Gasteiger partial charge is 0.280 e. The van der Waals surface area contributed by atoms with Gasteiger partial charge in [0.2, 0.25) is 11.9 Å². The van der Waals surface area contributed by atoms with Gasteiger partial charge in [-0.05, 0) is 0 Å². The first-order valence-corrected chi connectivity index (χ1v) is 15.8. The minimum Gasteiger partial charge on any atom is -0.756 e. The summed E-state index contributed by atoms with van der Waals surface area (Å²) in [4.78, 5) is 70.9. The van der Waals surface area contributed by atoms with Crippen molar-refractivity contribution in [3.8, 4) is 0 Å². The first-order chi connectivity index (χ1) is 20.9. The molecule has 4 aromatic rings. The third-order valence-corrected chi connectivity index (χ3v) is 9.19. The molecule has 0 aliphatic carbocycles. The van der Waals surface area contributed by atoms with Crippen molar-refractivity contribution in [2.45, 2.75) is 49.7 Å². The number of aromatic nitrogens is 8. The standard InChI is InChI=1S/C20H24N10O12P2/c21-19-25-15-13(17(31)27-19)23-5-29(15)11-1-7-9(39-11)3-37-44(35,36)42-8-2-12(40-10(8)4-38-43(33,34)41-7)30-6-24-14-16(30)26-20(22)28-18(14)32/h5-12H,1-4H2,(H,33,34)(H,35,36)(H3,21,25,27,31)(H3,22,26,28,32)/p-2/t7-,8-,9-,10-,11-,12-/m1/s1. The summed E-state index contributed by atoms with van der Waals surface area (Å²) in [6.07, 6.45) is -4.98. The zero-order valence-corrected chi connectivity index (χ0v) is 23.9. The molecule has 3 saturated heterocycles. The van der Waals surface area contributed by atoms with Crippen molar-refractivity contribution in [3.05, 3.63) is 33.4 Å². The van der Waals surface area contributed by atoms with E-state index < -0.39 is 76.8 Å². The summed E-state index contributed by atoms with van der Waals surface area (Å²) in [5, 5.41) is 0. The number of fused-ring (bicyclic) bond motifs is 4. The van der Waals surface area contributed by atoms with Gasteiger partial charge in [0.1, 0.15) is 24.7 Å². The molecular formula is C20H22N10O12P2-2. The molecule has 8 atom stereocenters. The molecule has 0 amide bonds. The number of H-pyrrole nitrogens is 2. The van der Waals surface area contributed by atoms with E-state index in [0.717, 1.165) is 0 Å². The monoisotopic (exact) mass is 656 g/mol. The molecule has 0 spiro atoms. The van der Waals surface area contributed by atoms with Crippen LogP contribution in [-0.4, -0.2) is 76.7 Å². The first-order valence-electron chi connectivity index (χ1n) is 12.9. The van der Waals surface area contributed by atoms with Crippen LogP contribution in [0.4, 0.5) is 11.9 Å². The highest BCUT2D eigenvalue weighted by atomic mass is 31.2. The van der Waals surface area contributed by atoms with Gasteiger partial charge in [0, 0.05) is 12.8 Å². The lowest BCUT2D eigenvalue weighted by atomic mass is 10.2. The topological polar surface area (TPSA) is 315 Å². The molecule has 44 heavy (non-hydrogen) atoms. The van der Waals surface area contributed by atoms with Crippen LogP contribution < -0.4 is 32.4 Å². The summed E-state index contributed by atoms with van der Waals surface area (Å²) in [6.45, 7) is -1.41. The lowest BCUT2D eigenvalue weighted by Crippen LogP contribution is -2.35. The van der Waals surface area contributed by atoms with Crippen molar-refractivity contribution in [2.24, 2.45) is 0 Å². The summed E-state index contributed by atoms with van der Waals surface area (Å²) in [6, 6.07) is 0. The number of imidazole rings is 2. The lowest BCUT2D eigenvalue weighted by molar-refractivity contribution is -0.242. The van der Waals surface area contributed by atoms with E-state index in [9.17, 15) is 28.5 Å². The Morgan fingerprint density at radius 1 is 0.750 bits per heavy atom. The van der Waals surface area contributed by atoms with Crippen molar-refractivity contribution in [2.75, 3.05) is 24.7 Å². The van der Waals surface area contributed by atoms with E-state index in [-0.39, 0.29) is 47.1 Å². The molecule has 24 heteroatoms. The second-order valence-electron chi connectivity index (χ2n) is 10.1. The van der Waals surface area contributed by atoms with Crippen LogP contribution in [0.1, 0.15) is 25.3 Å². The molecular weight excluding hydrogens is 634 g/mol. The lowest BCUT2D eigenvalue weighted by Gasteiger charge is -2.33. The Balaban J connectivity index is 1.13.